The van der Waals surface area contributed by atoms with Crippen molar-refractivity contribution in [1.82, 2.24) is 0 Å². The average Bonchev–Trinajstić information content (AvgIpc) is 3.83. The molecule has 0 atom stereocenters. The van der Waals surface area contributed by atoms with E-state index in [0.29, 0.717) is 0 Å². The van der Waals surface area contributed by atoms with E-state index in [1.807, 2.05) is 12.1 Å². The van der Waals surface area contributed by atoms with Crippen LogP contribution in [0.5, 0.6) is 0 Å². The number of para-hydroxylation sites is 2. The van der Waals surface area contributed by atoms with E-state index in [2.05, 4.69) is 159 Å². The molecule has 0 radical (unpaired) electrons. The summed E-state index contributed by atoms with van der Waals surface area (Å²) in [5.41, 5.74) is 13.9. The minimum absolute atomic E-state index is 0.0855. The van der Waals surface area contributed by atoms with Gasteiger partial charge in [-0.3, -0.25) is 0 Å². The number of furan rings is 2. The quantitative estimate of drug-likeness (QED) is 0.170. The third-order valence-corrected chi connectivity index (χ3v) is 12.0. The zero-order valence-corrected chi connectivity index (χ0v) is 29.3. The van der Waals surface area contributed by atoms with Gasteiger partial charge in [0.05, 0.1) is 0 Å². The van der Waals surface area contributed by atoms with Gasteiger partial charge in [0.25, 0.3) is 0 Å². The van der Waals surface area contributed by atoms with Crippen LogP contribution in [0.1, 0.15) is 25.0 Å². The zero-order valence-electron chi connectivity index (χ0n) is 29.3. The van der Waals surface area contributed by atoms with Gasteiger partial charge in [-0.05, 0) is 108 Å². The molecule has 0 N–H and O–H groups in total. The van der Waals surface area contributed by atoms with Crippen molar-refractivity contribution in [1.29, 1.82) is 0 Å². The first-order valence-electron chi connectivity index (χ1n) is 18.4. The second-order valence-electron chi connectivity index (χ2n) is 15.2. The van der Waals surface area contributed by atoms with Gasteiger partial charge < -0.3 is 8.83 Å². The van der Waals surface area contributed by atoms with Crippen molar-refractivity contribution in [3.63, 3.8) is 0 Å². The summed E-state index contributed by atoms with van der Waals surface area (Å²) >= 11 is 0. The van der Waals surface area contributed by atoms with Crippen molar-refractivity contribution in [2.75, 3.05) is 0 Å². The summed E-state index contributed by atoms with van der Waals surface area (Å²) < 4.78 is 13.1. The standard InChI is InChI=1S/C51H32O2/c1-51(2)43-20-10-7-13-30(43)31-24-23-29(25-44(31)51)48-34-16-3-5-18-36(34)49(37-19-6-4-17-35(37)48)40-27-41-33-15-9-12-22-46(33)53-50(41)42-28-47-39(26-38(40)42)32-14-8-11-21-45(32)52-47/h3-28H,1-2H3. The number of fused-ring (bicyclic) bond motifs is 13. The summed E-state index contributed by atoms with van der Waals surface area (Å²) in [5, 5.41) is 11.6. The van der Waals surface area contributed by atoms with E-state index < -0.39 is 0 Å². The third kappa shape index (κ3) is 3.82. The fraction of sp³-hybridized carbons (Fsp3) is 0.0588. The van der Waals surface area contributed by atoms with Crippen LogP contribution in [0.4, 0.5) is 0 Å². The topological polar surface area (TPSA) is 26.3 Å². The highest BCUT2D eigenvalue weighted by molar-refractivity contribution is 6.28. The lowest BCUT2D eigenvalue weighted by Crippen LogP contribution is -2.14. The van der Waals surface area contributed by atoms with Gasteiger partial charge in [-0.25, -0.2) is 0 Å². The molecule has 0 amide bonds. The Labute approximate surface area is 305 Å². The highest BCUT2D eigenvalue weighted by Crippen LogP contribution is 2.52. The molecule has 2 heteroatoms. The Bertz CT molecular complexity index is 3310. The first kappa shape index (κ1) is 29.0. The number of rotatable bonds is 2. The minimum Gasteiger partial charge on any atom is -0.456 e. The predicted octanol–water partition coefficient (Wildman–Crippen LogP) is 14.6. The Balaban J connectivity index is 1.22. The van der Waals surface area contributed by atoms with Gasteiger partial charge in [-0.15, -0.1) is 0 Å². The lowest BCUT2D eigenvalue weighted by molar-refractivity contribution is 0.660. The molecule has 2 heterocycles. The van der Waals surface area contributed by atoms with E-state index in [4.69, 9.17) is 8.83 Å². The summed E-state index contributed by atoms with van der Waals surface area (Å²) in [7, 11) is 0. The van der Waals surface area contributed by atoms with Gasteiger partial charge >= 0.3 is 0 Å². The van der Waals surface area contributed by atoms with Gasteiger partial charge in [0.2, 0.25) is 0 Å². The van der Waals surface area contributed by atoms with E-state index >= 15 is 0 Å². The molecule has 1 aliphatic carbocycles. The van der Waals surface area contributed by atoms with Gasteiger partial charge in [0, 0.05) is 32.3 Å². The van der Waals surface area contributed by atoms with Crippen LogP contribution in [0.3, 0.4) is 0 Å². The molecule has 0 fully saturated rings. The van der Waals surface area contributed by atoms with E-state index in [0.717, 1.165) is 54.6 Å². The van der Waals surface area contributed by atoms with Crippen molar-refractivity contribution in [2.24, 2.45) is 0 Å². The van der Waals surface area contributed by atoms with E-state index in [1.54, 1.807) is 0 Å². The van der Waals surface area contributed by atoms with Gasteiger partial charge in [-0.1, -0.05) is 135 Å². The van der Waals surface area contributed by atoms with E-state index in [1.165, 1.54) is 66.1 Å². The summed E-state index contributed by atoms with van der Waals surface area (Å²) in [5.74, 6) is 0. The zero-order chi connectivity index (χ0) is 35.0. The summed E-state index contributed by atoms with van der Waals surface area (Å²) in [6.45, 7) is 4.73. The Kier molecular flexibility index (Phi) is 5.60. The maximum atomic E-state index is 6.67. The molecular weight excluding hydrogens is 645 g/mol. The lowest BCUT2D eigenvalue weighted by Gasteiger charge is -2.23. The average molecular weight is 677 g/mol. The summed E-state index contributed by atoms with van der Waals surface area (Å²) in [6.07, 6.45) is 0. The molecule has 0 saturated carbocycles. The second kappa shape index (κ2) is 10.2. The first-order valence-corrected chi connectivity index (χ1v) is 18.4. The second-order valence-corrected chi connectivity index (χ2v) is 15.2. The van der Waals surface area contributed by atoms with Gasteiger partial charge in [-0.2, -0.15) is 0 Å². The van der Waals surface area contributed by atoms with Crippen LogP contribution in [0.2, 0.25) is 0 Å². The molecule has 0 spiro atoms. The van der Waals surface area contributed by atoms with Crippen LogP contribution in [0.25, 0.3) is 110 Å². The van der Waals surface area contributed by atoms with Crippen LogP contribution in [0, 0.1) is 0 Å². The van der Waals surface area contributed by atoms with Crippen LogP contribution in [0.15, 0.2) is 167 Å². The Hall–Kier alpha value is -6.64. The minimum atomic E-state index is -0.0855. The first-order chi connectivity index (χ1) is 26.0. The summed E-state index contributed by atoms with van der Waals surface area (Å²) in [6, 6.07) is 57.6. The molecule has 9 aromatic carbocycles. The Morgan fingerprint density at radius 2 is 0.887 bits per heavy atom. The molecule has 53 heavy (non-hydrogen) atoms. The summed E-state index contributed by atoms with van der Waals surface area (Å²) in [4.78, 5) is 0. The maximum absolute atomic E-state index is 6.67. The SMILES string of the molecule is CC1(C)c2ccccc2-c2ccc(-c3c4ccccc4c(-c4cc5c6ccccc6oc5c5cc6oc7ccccc7c6cc45)c4ccccc34)cc21. The van der Waals surface area contributed by atoms with Crippen molar-refractivity contribution in [2.45, 2.75) is 19.3 Å². The third-order valence-electron chi connectivity index (χ3n) is 12.0. The van der Waals surface area contributed by atoms with Gasteiger partial charge in [0.15, 0.2) is 0 Å². The lowest BCUT2D eigenvalue weighted by atomic mass is 9.80. The van der Waals surface area contributed by atoms with E-state index in [-0.39, 0.29) is 5.41 Å². The van der Waals surface area contributed by atoms with Crippen LogP contribution in [-0.4, -0.2) is 0 Å². The molecular formula is C51H32O2. The van der Waals surface area contributed by atoms with Crippen LogP contribution < -0.4 is 0 Å². The molecule has 12 rings (SSSR count). The van der Waals surface area contributed by atoms with Crippen LogP contribution >= 0.6 is 0 Å². The molecule has 2 aromatic heterocycles. The monoisotopic (exact) mass is 676 g/mol. The van der Waals surface area contributed by atoms with Gasteiger partial charge in [0.1, 0.15) is 22.3 Å². The fourth-order valence-electron chi connectivity index (χ4n) is 9.61. The highest BCUT2D eigenvalue weighted by Gasteiger charge is 2.35. The molecule has 2 nitrogen and oxygen atoms in total. The van der Waals surface area contributed by atoms with Crippen LogP contribution in [-0.2, 0) is 5.41 Å². The molecule has 1 aliphatic rings. The number of hydrogen-bond acceptors (Lipinski definition) is 2. The number of benzene rings is 9. The maximum Gasteiger partial charge on any atom is 0.143 e. The molecule has 0 aliphatic heterocycles. The molecule has 0 bridgehead atoms. The molecule has 0 saturated heterocycles. The Morgan fingerprint density at radius 1 is 0.340 bits per heavy atom. The largest absolute Gasteiger partial charge is 0.456 e. The van der Waals surface area contributed by atoms with Crippen molar-refractivity contribution >= 4 is 76.2 Å². The smallest absolute Gasteiger partial charge is 0.143 e. The molecule has 248 valence electrons. The molecule has 0 unspecified atom stereocenters. The highest BCUT2D eigenvalue weighted by atomic mass is 16.3. The Morgan fingerprint density at radius 3 is 1.60 bits per heavy atom. The number of hydrogen-bond donors (Lipinski definition) is 0. The van der Waals surface area contributed by atoms with Crippen molar-refractivity contribution in [3.8, 4) is 33.4 Å². The van der Waals surface area contributed by atoms with E-state index in [9.17, 15) is 0 Å². The van der Waals surface area contributed by atoms with Crippen molar-refractivity contribution < 1.29 is 8.83 Å². The fourth-order valence-corrected chi connectivity index (χ4v) is 9.61. The normalized spacial score (nSPS) is 13.6. The molecule has 11 aromatic rings. The van der Waals surface area contributed by atoms with Crippen molar-refractivity contribution in [3.05, 3.63) is 169 Å². The predicted molar refractivity (Wildman–Crippen MR) is 222 cm³/mol.